The Labute approximate surface area is 140 Å². The molecule has 1 amide bonds. The van der Waals surface area contributed by atoms with E-state index >= 15 is 0 Å². The van der Waals surface area contributed by atoms with Gasteiger partial charge in [-0.05, 0) is 24.2 Å². The van der Waals surface area contributed by atoms with Crippen LogP contribution >= 0.6 is 0 Å². The molecular weight excluding hydrogens is 318 g/mol. The predicted molar refractivity (Wildman–Crippen MR) is 89.9 cm³/mol. The Morgan fingerprint density at radius 2 is 1.83 bits per heavy atom. The minimum Gasteiger partial charge on any atom is -0.465 e. The largest absolute Gasteiger partial charge is 0.465 e. The lowest BCUT2D eigenvalue weighted by molar-refractivity contribution is 0.0934. The highest BCUT2D eigenvalue weighted by atomic mass is 32.2. The Morgan fingerprint density at radius 1 is 1.26 bits per heavy atom. The molecule has 1 aliphatic rings. The molecule has 0 spiro atoms. The Hall–Kier alpha value is -0.820. The summed E-state index contributed by atoms with van der Waals surface area (Å²) in [6, 6.07) is -0.510. The highest BCUT2D eigenvalue weighted by molar-refractivity contribution is 7.86. The Bertz CT molecular complexity index is 477. The van der Waals surface area contributed by atoms with Crippen LogP contribution in [0.25, 0.3) is 0 Å². The summed E-state index contributed by atoms with van der Waals surface area (Å²) in [4.78, 5) is 11.2. The second-order valence-corrected chi connectivity index (χ2v) is 9.50. The van der Waals surface area contributed by atoms with E-state index < -0.39 is 28.4 Å². The second-order valence-electron chi connectivity index (χ2n) is 7.90. The Balaban J connectivity index is 2.91. The van der Waals surface area contributed by atoms with Crippen molar-refractivity contribution in [2.75, 3.05) is 6.26 Å². The third kappa shape index (κ3) is 9.15. The average Bonchev–Trinajstić information content (AvgIpc) is 2.34. The van der Waals surface area contributed by atoms with Crippen LogP contribution < -0.4 is 5.32 Å². The van der Waals surface area contributed by atoms with Gasteiger partial charge in [0.2, 0.25) is 0 Å². The molecular formula is C16H31NO5S. The van der Waals surface area contributed by atoms with E-state index in [2.05, 4.69) is 5.32 Å². The van der Waals surface area contributed by atoms with E-state index in [1.165, 1.54) is 6.42 Å². The predicted octanol–water partition coefficient (Wildman–Crippen LogP) is 3.37. The van der Waals surface area contributed by atoms with Gasteiger partial charge in [-0.1, -0.05) is 52.9 Å². The van der Waals surface area contributed by atoms with E-state index in [4.69, 9.17) is 9.29 Å². The Kier molecular flexibility index (Phi) is 7.32. The standard InChI is InChI=1S/C16H31NO5S/c1-16(2,3)11-14(22-23(4,20)21)13(17-15(18)19)10-12-8-6-5-7-9-12/h12-14,17H,5-11H2,1-4H3,(H,18,19)/t13-,14-/m0/s1. The van der Waals surface area contributed by atoms with Gasteiger partial charge >= 0.3 is 6.09 Å². The zero-order valence-corrected chi connectivity index (χ0v) is 15.5. The van der Waals surface area contributed by atoms with Crippen LogP contribution in [0.5, 0.6) is 0 Å². The summed E-state index contributed by atoms with van der Waals surface area (Å²) >= 11 is 0. The molecule has 1 fully saturated rings. The molecule has 2 atom stereocenters. The molecule has 1 rings (SSSR count). The number of amides is 1. The first-order valence-corrected chi connectivity index (χ1v) is 10.2. The van der Waals surface area contributed by atoms with Crippen molar-refractivity contribution < 1.29 is 22.5 Å². The molecule has 0 unspecified atom stereocenters. The second kappa shape index (κ2) is 8.33. The van der Waals surface area contributed by atoms with Crippen LogP contribution in [0.3, 0.4) is 0 Å². The lowest BCUT2D eigenvalue weighted by Gasteiger charge is -2.34. The topological polar surface area (TPSA) is 92.7 Å². The summed E-state index contributed by atoms with van der Waals surface area (Å²) in [5, 5.41) is 11.6. The molecule has 23 heavy (non-hydrogen) atoms. The normalized spacial score (nSPS) is 20.0. The molecule has 136 valence electrons. The number of nitrogens with one attached hydrogen (secondary N) is 1. The van der Waals surface area contributed by atoms with Gasteiger partial charge in [0.25, 0.3) is 10.1 Å². The van der Waals surface area contributed by atoms with E-state index in [0.29, 0.717) is 18.8 Å². The van der Waals surface area contributed by atoms with E-state index in [-0.39, 0.29) is 5.41 Å². The summed E-state index contributed by atoms with van der Waals surface area (Å²) < 4.78 is 28.5. The van der Waals surface area contributed by atoms with Gasteiger partial charge in [-0.2, -0.15) is 8.42 Å². The fourth-order valence-corrected chi connectivity index (χ4v) is 3.97. The first-order valence-electron chi connectivity index (χ1n) is 8.34. The quantitative estimate of drug-likeness (QED) is 0.687. The van der Waals surface area contributed by atoms with Crippen molar-refractivity contribution in [3.8, 4) is 0 Å². The van der Waals surface area contributed by atoms with Gasteiger partial charge in [0.05, 0.1) is 18.4 Å². The van der Waals surface area contributed by atoms with Crippen molar-refractivity contribution in [1.29, 1.82) is 0 Å². The van der Waals surface area contributed by atoms with Crippen molar-refractivity contribution >= 4 is 16.2 Å². The monoisotopic (exact) mass is 349 g/mol. The number of hydrogen-bond acceptors (Lipinski definition) is 4. The number of carbonyl (C=O) groups is 1. The van der Waals surface area contributed by atoms with E-state index in [0.717, 1.165) is 31.9 Å². The molecule has 1 saturated carbocycles. The van der Waals surface area contributed by atoms with Crippen LogP contribution in [0.4, 0.5) is 4.79 Å². The average molecular weight is 349 g/mol. The molecule has 0 heterocycles. The maximum Gasteiger partial charge on any atom is 0.404 e. The van der Waals surface area contributed by atoms with Gasteiger partial charge in [-0.25, -0.2) is 4.79 Å². The maximum atomic E-state index is 11.6. The van der Waals surface area contributed by atoms with E-state index in [1.54, 1.807) is 0 Å². The molecule has 0 aliphatic heterocycles. The fraction of sp³-hybridized carbons (Fsp3) is 0.938. The number of carboxylic acid groups (broad SMARTS) is 1. The van der Waals surface area contributed by atoms with Crippen LogP contribution in [0.2, 0.25) is 0 Å². The first kappa shape index (κ1) is 20.2. The molecule has 0 aromatic rings. The third-order valence-electron chi connectivity index (χ3n) is 4.18. The number of rotatable bonds is 7. The van der Waals surface area contributed by atoms with Crippen LogP contribution in [-0.4, -0.2) is 38.0 Å². The van der Waals surface area contributed by atoms with Gasteiger partial charge in [0.1, 0.15) is 0 Å². The molecule has 0 bridgehead atoms. The van der Waals surface area contributed by atoms with Gasteiger partial charge in [0, 0.05) is 0 Å². The van der Waals surface area contributed by atoms with E-state index in [9.17, 15) is 13.2 Å². The van der Waals surface area contributed by atoms with Gasteiger partial charge < -0.3 is 10.4 Å². The fourth-order valence-electron chi connectivity index (χ4n) is 3.32. The molecule has 0 saturated heterocycles. The summed E-state index contributed by atoms with van der Waals surface area (Å²) in [6.45, 7) is 5.97. The maximum absolute atomic E-state index is 11.6. The van der Waals surface area contributed by atoms with Crippen LogP contribution in [0, 0.1) is 11.3 Å². The summed E-state index contributed by atoms with van der Waals surface area (Å²) in [5.41, 5.74) is -0.166. The summed E-state index contributed by atoms with van der Waals surface area (Å²) in [7, 11) is -3.65. The van der Waals surface area contributed by atoms with Crippen molar-refractivity contribution in [3.63, 3.8) is 0 Å². The first-order chi connectivity index (χ1) is 10.5. The molecule has 0 aromatic heterocycles. The summed E-state index contributed by atoms with van der Waals surface area (Å²) in [5.74, 6) is 0.422. The van der Waals surface area contributed by atoms with Crippen molar-refractivity contribution in [2.24, 2.45) is 11.3 Å². The molecule has 6 nitrogen and oxygen atoms in total. The Morgan fingerprint density at radius 3 is 2.26 bits per heavy atom. The minimum atomic E-state index is -3.65. The lowest BCUT2D eigenvalue weighted by atomic mass is 9.80. The number of hydrogen-bond donors (Lipinski definition) is 2. The van der Waals surface area contributed by atoms with Crippen LogP contribution in [0.1, 0.15) is 65.7 Å². The molecule has 0 aromatic carbocycles. The molecule has 2 N–H and O–H groups in total. The third-order valence-corrected chi connectivity index (χ3v) is 4.78. The van der Waals surface area contributed by atoms with E-state index in [1.807, 2.05) is 20.8 Å². The van der Waals surface area contributed by atoms with Gasteiger partial charge in [0.15, 0.2) is 0 Å². The van der Waals surface area contributed by atoms with Crippen molar-refractivity contribution in [1.82, 2.24) is 5.32 Å². The molecule has 1 aliphatic carbocycles. The highest BCUT2D eigenvalue weighted by Gasteiger charge is 2.33. The van der Waals surface area contributed by atoms with Crippen molar-refractivity contribution in [2.45, 2.75) is 77.9 Å². The van der Waals surface area contributed by atoms with Crippen LogP contribution in [0.15, 0.2) is 0 Å². The zero-order valence-electron chi connectivity index (χ0n) is 14.7. The lowest BCUT2D eigenvalue weighted by Crippen LogP contribution is -2.47. The van der Waals surface area contributed by atoms with Crippen LogP contribution in [-0.2, 0) is 14.3 Å². The molecule has 7 heteroatoms. The summed E-state index contributed by atoms with van der Waals surface area (Å²) in [6.07, 6.45) is 5.96. The zero-order chi connectivity index (χ0) is 17.7. The minimum absolute atomic E-state index is 0.166. The van der Waals surface area contributed by atoms with Gasteiger partial charge in [-0.15, -0.1) is 0 Å². The smallest absolute Gasteiger partial charge is 0.404 e. The van der Waals surface area contributed by atoms with Crippen molar-refractivity contribution in [3.05, 3.63) is 0 Å². The SMILES string of the molecule is CC(C)(C)C[C@H](OS(C)(=O)=O)[C@H](CC1CCCCC1)NC(=O)O. The highest BCUT2D eigenvalue weighted by Crippen LogP contribution is 2.31. The molecule has 0 radical (unpaired) electrons. The van der Waals surface area contributed by atoms with Gasteiger partial charge in [-0.3, -0.25) is 4.18 Å².